The molecule has 0 saturated carbocycles. The molecule has 0 N–H and O–H groups in total. The van der Waals surface area contributed by atoms with Crippen molar-refractivity contribution in [1.82, 2.24) is 0 Å². The highest BCUT2D eigenvalue weighted by Crippen LogP contribution is 2.40. The maximum absolute atomic E-state index is 12.7. The average molecular weight is 419 g/mol. The Morgan fingerprint density at radius 1 is 1.03 bits per heavy atom. The highest BCUT2D eigenvalue weighted by Gasteiger charge is 2.22. The number of carbonyl (C=O) groups is 1. The van der Waals surface area contributed by atoms with Crippen LogP contribution in [0.4, 0.5) is 0 Å². The predicted molar refractivity (Wildman–Crippen MR) is 107 cm³/mol. The molecular formula is C21H19ClO7. The fourth-order valence-corrected chi connectivity index (χ4v) is 3.11. The van der Waals surface area contributed by atoms with Crippen molar-refractivity contribution >= 4 is 28.5 Å². The van der Waals surface area contributed by atoms with E-state index in [-0.39, 0.29) is 23.7 Å². The fourth-order valence-electron chi connectivity index (χ4n) is 2.95. The van der Waals surface area contributed by atoms with Crippen molar-refractivity contribution in [2.45, 2.75) is 13.5 Å². The molecule has 3 aromatic rings. The molecule has 0 atom stereocenters. The third-order valence-corrected chi connectivity index (χ3v) is 4.80. The Bertz CT molecular complexity index is 1130. The number of benzene rings is 2. The van der Waals surface area contributed by atoms with E-state index >= 15 is 0 Å². The summed E-state index contributed by atoms with van der Waals surface area (Å²) in [6, 6.07) is 7.71. The largest absolute Gasteiger partial charge is 0.493 e. The van der Waals surface area contributed by atoms with E-state index in [2.05, 4.69) is 0 Å². The van der Waals surface area contributed by atoms with Crippen molar-refractivity contribution in [3.05, 3.63) is 62.5 Å². The summed E-state index contributed by atoms with van der Waals surface area (Å²) in [4.78, 5) is 24.6. The average Bonchev–Trinajstić information content (AvgIpc) is 2.71. The zero-order valence-corrected chi connectivity index (χ0v) is 17.1. The van der Waals surface area contributed by atoms with Gasteiger partial charge >= 0.3 is 11.6 Å². The van der Waals surface area contributed by atoms with E-state index in [0.29, 0.717) is 27.3 Å². The van der Waals surface area contributed by atoms with Crippen molar-refractivity contribution in [1.29, 1.82) is 0 Å². The number of rotatable bonds is 6. The summed E-state index contributed by atoms with van der Waals surface area (Å²) in [5, 5.41) is 1.10. The van der Waals surface area contributed by atoms with Crippen LogP contribution in [0.5, 0.6) is 17.2 Å². The third kappa shape index (κ3) is 4.00. The van der Waals surface area contributed by atoms with Crippen molar-refractivity contribution in [2.24, 2.45) is 0 Å². The first kappa shape index (κ1) is 20.5. The molecule has 1 aromatic heterocycles. The second kappa shape index (κ2) is 8.45. The highest BCUT2D eigenvalue weighted by molar-refractivity contribution is 6.32. The first-order valence-corrected chi connectivity index (χ1v) is 8.96. The standard InChI is InChI=1S/C21H19ClO7/c1-11-7-17-14(9-15(11)22)12(8-18(23)29-17)10-28-21(24)13-5-6-16(25-2)20(27-4)19(13)26-3/h5-9H,10H2,1-4H3. The highest BCUT2D eigenvalue weighted by atomic mass is 35.5. The van der Waals surface area contributed by atoms with E-state index in [1.54, 1.807) is 25.1 Å². The van der Waals surface area contributed by atoms with E-state index < -0.39 is 11.6 Å². The lowest BCUT2D eigenvalue weighted by Gasteiger charge is -2.15. The van der Waals surface area contributed by atoms with Gasteiger partial charge in [-0.05, 0) is 36.8 Å². The summed E-state index contributed by atoms with van der Waals surface area (Å²) < 4.78 is 26.4. The number of hydrogen-bond donors (Lipinski definition) is 0. The zero-order chi connectivity index (χ0) is 21.1. The summed E-state index contributed by atoms with van der Waals surface area (Å²) in [6.07, 6.45) is 0. The summed E-state index contributed by atoms with van der Waals surface area (Å²) in [5.74, 6) is 0.227. The molecule has 0 aliphatic heterocycles. The van der Waals surface area contributed by atoms with Crippen LogP contribution in [0.3, 0.4) is 0 Å². The topological polar surface area (TPSA) is 84.2 Å². The number of carbonyl (C=O) groups excluding carboxylic acids is 1. The quantitative estimate of drug-likeness (QED) is 0.439. The third-order valence-electron chi connectivity index (χ3n) is 4.39. The van der Waals surface area contributed by atoms with E-state index in [9.17, 15) is 9.59 Å². The van der Waals surface area contributed by atoms with Crippen LogP contribution in [0, 0.1) is 6.92 Å². The molecule has 0 spiro atoms. The molecule has 0 fully saturated rings. The Labute approximate surface area is 171 Å². The van der Waals surface area contributed by atoms with Gasteiger partial charge in [-0.15, -0.1) is 0 Å². The lowest BCUT2D eigenvalue weighted by molar-refractivity contribution is 0.0469. The van der Waals surface area contributed by atoms with Crippen molar-refractivity contribution in [2.75, 3.05) is 21.3 Å². The molecule has 0 bridgehead atoms. The molecule has 0 unspecified atom stereocenters. The maximum atomic E-state index is 12.7. The summed E-state index contributed by atoms with van der Waals surface area (Å²) in [6.45, 7) is 1.65. The number of ether oxygens (including phenoxy) is 4. The minimum absolute atomic E-state index is 0.155. The molecule has 0 aliphatic carbocycles. The predicted octanol–water partition coefficient (Wildman–Crippen LogP) is 4.14. The molecule has 0 radical (unpaired) electrons. The van der Waals surface area contributed by atoms with Gasteiger partial charge in [0.05, 0.1) is 21.3 Å². The summed E-state index contributed by atoms with van der Waals surface area (Å²) in [5.41, 5.74) is 1.23. The van der Waals surface area contributed by atoms with Crippen molar-refractivity contribution in [3.8, 4) is 17.2 Å². The molecule has 0 saturated heterocycles. The van der Waals surface area contributed by atoms with Crippen LogP contribution < -0.4 is 19.8 Å². The van der Waals surface area contributed by atoms with Gasteiger partial charge in [-0.25, -0.2) is 9.59 Å². The van der Waals surface area contributed by atoms with Crippen LogP contribution in [0.2, 0.25) is 5.02 Å². The molecule has 29 heavy (non-hydrogen) atoms. The first-order valence-electron chi connectivity index (χ1n) is 8.58. The normalized spacial score (nSPS) is 10.7. The van der Waals surface area contributed by atoms with E-state index in [1.165, 1.54) is 33.5 Å². The van der Waals surface area contributed by atoms with Crippen LogP contribution in [0.1, 0.15) is 21.5 Å². The Kier molecular flexibility index (Phi) is 5.98. The van der Waals surface area contributed by atoms with E-state index in [0.717, 1.165) is 5.56 Å². The number of halogens is 1. The Balaban J connectivity index is 1.94. The molecule has 1 heterocycles. The minimum Gasteiger partial charge on any atom is -0.493 e. The van der Waals surface area contributed by atoms with Gasteiger partial charge in [-0.1, -0.05) is 11.6 Å². The van der Waals surface area contributed by atoms with Gasteiger partial charge in [-0.3, -0.25) is 0 Å². The molecule has 3 rings (SSSR count). The Morgan fingerprint density at radius 2 is 1.76 bits per heavy atom. The van der Waals surface area contributed by atoms with E-state index in [4.69, 9.17) is 35.0 Å². The minimum atomic E-state index is -0.651. The molecule has 0 aliphatic rings. The Morgan fingerprint density at radius 3 is 2.41 bits per heavy atom. The van der Waals surface area contributed by atoms with Crippen LogP contribution in [0.25, 0.3) is 11.0 Å². The van der Waals surface area contributed by atoms with Gasteiger partial charge < -0.3 is 23.4 Å². The molecule has 2 aromatic carbocycles. The SMILES string of the molecule is COc1ccc(C(=O)OCc2cc(=O)oc3cc(C)c(Cl)cc23)c(OC)c1OC. The first-order chi connectivity index (χ1) is 13.9. The number of esters is 1. The smallest absolute Gasteiger partial charge is 0.342 e. The zero-order valence-electron chi connectivity index (χ0n) is 16.3. The van der Waals surface area contributed by atoms with Crippen LogP contribution in [-0.2, 0) is 11.3 Å². The summed E-state index contributed by atoms with van der Waals surface area (Å²) >= 11 is 6.19. The second-order valence-electron chi connectivity index (χ2n) is 6.15. The van der Waals surface area contributed by atoms with Crippen LogP contribution >= 0.6 is 11.6 Å². The van der Waals surface area contributed by atoms with E-state index in [1.807, 2.05) is 0 Å². The monoisotopic (exact) mass is 418 g/mol. The van der Waals surface area contributed by atoms with Gasteiger partial charge in [0.1, 0.15) is 17.8 Å². The molecular weight excluding hydrogens is 400 g/mol. The Hall–Kier alpha value is -3.19. The van der Waals surface area contributed by atoms with Crippen molar-refractivity contribution < 1.29 is 28.2 Å². The maximum Gasteiger partial charge on any atom is 0.342 e. The molecule has 0 amide bonds. The van der Waals surface area contributed by atoms with Crippen LogP contribution in [-0.4, -0.2) is 27.3 Å². The molecule has 8 heteroatoms. The lowest BCUT2D eigenvalue weighted by atomic mass is 10.1. The number of fused-ring (bicyclic) bond motifs is 1. The van der Waals surface area contributed by atoms with Gasteiger partial charge in [-0.2, -0.15) is 0 Å². The number of hydrogen-bond acceptors (Lipinski definition) is 7. The number of methoxy groups -OCH3 is 3. The fraction of sp³-hybridized carbons (Fsp3) is 0.238. The van der Waals surface area contributed by atoms with Gasteiger partial charge in [0.25, 0.3) is 0 Å². The molecule has 7 nitrogen and oxygen atoms in total. The lowest BCUT2D eigenvalue weighted by Crippen LogP contribution is -2.10. The van der Waals surface area contributed by atoms with Crippen molar-refractivity contribution in [3.63, 3.8) is 0 Å². The van der Waals surface area contributed by atoms with Crippen LogP contribution in [0.15, 0.2) is 39.5 Å². The molecule has 152 valence electrons. The van der Waals surface area contributed by atoms with Gasteiger partial charge in [0.15, 0.2) is 11.5 Å². The second-order valence-corrected chi connectivity index (χ2v) is 6.55. The summed E-state index contributed by atoms with van der Waals surface area (Å²) in [7, 11) is 4.33. The van der Waals surface area contributed by atoms with Gasteiger partial charge in [0, 0.05) is 22.0 Å². The number of aryl methyl sites for hydroxylation is 1. The van der Waals surface area contributed by atoms with Gasteiger partial charge in [0.2, 0.25) is 5.75 Å².